The number of nitrogens with zero attached hydrogens (tertiary/aromatic N) is 5. The highest BCUT2D eigenvalue weighted by molar-refractivity contribution is 14.0. The van der Waals surface area contributed by atoms with E-state index in [0.29, 0.717) is 6.54 Å². The average Bonchev–Trinajstić information content (AvgIpc) is 3.29. The Labute approximate surface area is 206 Å². The molecule has 9 heteroatoms. The minimum absolute atomic E-state index is 0. The monoisotopic (exact) mass is 550 g/mol. The first-order valence-electron chi connectivity index (χ1n) is 10.3. The Morgan fingerprint density at radius 2 is 1.84 bits per heavy atom. The number of methoxy groups -OCH3 is 2. The van der Waals surface area contributed by atoms with Gasteiger partial charge >= 0.3 is 0 Å². The van der Waals surface area contributed by atoms with Crippen LogP contribution in [0.1, 0.15) is 18.3 Å². The molecule has 1 heterocycles. The van der Waals surface area contributed by atoms with Crippen molar-refractivity contribution in [2.45, 2.75) is 19.9 Å². The van der Waals surface area contributed by atoms with Crippen molar-refractivity contribution in [3.8, 4) is 17.2 Å². The van der Waals surface area contributed by atoms with E-state index < -0.39 is 0 Å². The lowest BCUT2D eigenvalue weighted by Crippen LogP contribution is -2.40. The second-order valence-corrected chi connectivity index (χ2v) is 6.98. The zero-order valence-electron chi connectivity index (χ0n) is 19.0. The van der Waals surface area contributed by atoms with Crippen LogP contribution in [-0.4, -0.2) is 60.0 Å². The molecule has 0 atom stereocenters. The third-order valence-electron chi connectivity index (χ3n) is 4.90. The zero-order valence-corrected chi connectivity index (χ0v) is 21.3. The van der Waals surface area contributed by atoms with Crippen molar-refractivity contribution in [2.24, 2.45) is 4.99 Å². The van der Waals surface area contributed by atoms with Gasteiger partial charge < -0.3 is 19.7 Å². The van der Waals surface area contributed by atoms with Gasteiger partial charge in [-0.05, 0) is 43.2 Å². The van der Waals surface area contributed by atoms with Gasteiger partial charge in [0.1, 0.15) is 12.9 Å². The summed E-state index contributed by atoms with van der Waals surface area (Å²) >= 11 is 0. The lowest BCUT2D eigenvalue weighted by molar-refractivity contribution is 0.354. The SMILES string of the molecule is CCNC(=NCc1nncn1-c1ccccc1)N(C)CCc1ccc(OC)c(OC)c1.I. The number of halogens is 1. The molecule has 1 N–H and O–H groups in total. The summed E-state index contributed by atoms with van der Waals surface area (Å²) in [6, 6.07) is 16.0. The van der Waals surface area contributed by atoms with E-state index in [9.17, 15) is 0 Å². The van der Waals surface area contributed by atoms with Crippen LogP contribution in [0.5, 0.6) is 11.5 Å². The minimum Gasteiger partial charge on any atom is -0.493 e. The maximum atomic E-state index is 5.41. The van der Waals surface area contributed by atoms with Crippen molar-refractivity contribution in [1.82, 2.24) is 25.0 Å². The van der Waals surface area contributed by atoms with Crippen molar-refractivity contribution in [1.29, 1.82) is 0 Å². The first-order chi connectivity index (χ1) is 15.2. The number of benzene rings is 2. The number of guanidine groups is 1. The summed E-state index contributed by atoms with van der Waals surface area (Å²) in [5.74, 6) is 3.08. The number of likely N-dealkylation sites (N-methyl/N-ethyl adjacent to an activating group) is 1. The van der Waals surface area contributed by atoms with Crippen LogP contribution in [-0.2, 0) is 13.0 Å². The Bertz CT molecular complexity index is 993. The number of para-hydroxylation sites is 1. The molecule has 8 nitrogen and oxygen atoms in total. The molecule has 0 aliphatic heterocycles. The van der Waals surface area contributed by atoms with E-state index in [2.05, 4.69) is 33.4 Å². The Morgan fingerprint density at radius 1 is 1.09 bits per heavy atom. The highest BCUT2D eigenvalue weighted by atomic mass is 127. The quantitative estimate of drug-likeness (QED) is 0.250. The predicted molar refractivity (Wildman–Crippen MR) is 137 cm³/mol. The molecule has 0 aliphatic carbocycles. The van der Waals surface area contributed by atoms with Gasteiger partial charge in [0, 0.05) is 25.8 Å². The van der Waals surface area contributed by atoms with Crippen LogP contribution in [0, 0.1) is 0 Å². The van der Waals surface area contributed by atoms with E-state index in [-0.39, 0.29) is 24.0 Å². The lowest BCUT2D eigenvalue weighted by atomic mass is 10.1. The zero-order chi connectivity index (χ0) is 22.1. The number of aliphatic imine (C=N–C) groups is 1. The summed E-state index contributed by atoms with van der Waals surface area (Å²) < 4.78 is 12.7. The van der Waals surface area contributed by atoms with E-state index in [1.165, 1.54) is 5.56 Å². The predicted octanol–water partition coefficient (Wildman–Crippen LogP) is 3.54. The molecule has 0 radical (unpaired) electrons. The van der Waals surface area contributed by atoms with Gasteiger partial charge in [0.2, 0.25) is 0 Å². The lowest BCUT2D eigenvalue weighted by Gasteiger charge is -2.22. The van der Waals surface area contributed by atoms with E-state index >= 15 is 0 Å². The molecule has 0 fully saturated rings. The normalized spacial score (nSPS) is 10.9. The second kappa shape index (κ2) is 12.9. The number of hydrogen-bond acceptors (Lipinski definition) is 5. The number of nitrogens with one attached hydrogen (secondary N) is 1. The molecule has 0 amide bonds. The van der Waals surface area contributed by atoms with Gasteiger partial charge in [-0.2, -0.15) is 0 Å². The Kier molecular flexibility index (Phi) is 10.3. The highest BCUT2D eigenvalue weighted by Crippen LogP contribution is 2.27. The van der Waals surface area contributed by atoms with Crippen LogP contribution < -0.4 is 14.8 Å². The smallest absolute Gasteiger partial charge is 0.194 e. The summed E-state index contributed by atoms with van der Waals surface area (Å²) in [6.45, 7) is 4.07. The molecule has 0 spiro atoms. The van der Waals surface area contributed by atoms with Crippen LogP contribution in [0.4, 0.5) is 0 Å². The van der Waals surface area contributed by atoms with E-state index in [1.807, 2.05) is 54.1 Å². The van der Waals surface area contributed by atoms with Crippen LogP contribution in [0.15, 0.2) is 59.9 Å². The Morgan fingerprint density at radius 3 is 2.53 bits per heavy atom. The van der Waals surface area contributed by atoms with Gasteiger partial charge in [-0.25, -0.2) is 4.99 Å². The first-order valence-corrected chi connectivity index (χ1v) is 10.3. The molecule has 0 unspecified atom stereocenters. The molecular weight excluding hydrogens is 519 g/mol. The fourth-order valence-electron chi connectivity index (χ4n) is 3.23. The summed E-state index contributed by atoms with van der Waals surface area (Å²) in [4.78, 5) is 6.89. The van der Waals surface area contributed by atoms with E-state index in [0.717, 1.165) is 48.5 Å². The summed E-state index contributed by atoms with van der Waals surface area (Å²) in [6.07, 6.45) is 2.56. The molecule has 3 aromatic rings. The number of hydrogen-bond donors (Lipinski definition) is 1. The van der Waals surface area contributed by atoms with Crippen LogP contribution in [0.3, 0.4) is 0 Å². The molecule has 0 saturated heterocycles. The molecule has 0 saturated carbocycles. The van der Waals surface area contributed by atoms with Crippen molar-refractivity contribution < 1.29 is 9.47 Å². The van der Waals surface area contributed by atoms with Crippen molar-refractivity contribution in [3.05, 3.63) is 66.2 Å². The number of rotatable bonds is 9. The van der Waals surface area contributed by atoms with Crippen molar-refractivity contribution in [2.75, 3.05) is 34.4 Å². The maximum absolute atomic E-state index is 5.41. The fraction of sp³-hybridized carbons (Fsp3) is 0.348. The van der Waals surface area contributed by atoms with Gasteiger partial charge in [0.05, 0.1) is 14.2 Å². The van der Waals surface area contributed by atoms with E-state index in [1.54, 1.807) is 20.5 Å². The minimum atomic E-state index is 0. The van der Waals surface area contributed by atoms with Crippen LogP contribution >= 0.6 is 24.0 Å². The van der Waals surface area contributed by atoms with Crippen LogP contribution in [0.25, 0.3) is 5.69 Å². The Balaban J connectivity index is 0.00000363. The summed E-state index contributed by atoms with van der Waals surface area (Å²) in [7, 11) is 5.32. The highest BCUT2D eigenvalue weighted by Gasteiger charge is 2.10. The third-order valence-corrected chi connectivity index (χ3v) is 4.90. The van der Waals surface area contributed by atoms with E-state index in [4.69, 9.17) is 14.5 Å². The molecule has 3 rings (SSSR count). The fourth-order valence-corrected chi connectivity index (χ4v) is 3.23. The maximum Gasteiger partial charge on any atom is 0.194 e. The molecule has 172 valence electrons. The topological polar surface area (TPSA) is 76.8 Å². The van der Waals surface area contributed by atoms with Crippen molar-refractivity contribution in [3.63, 3.8) is 0 Å². The average molecular weight is 550 g/mol. The largest absolute Gasteiger partial charge is 0.493 e. The van der Waals surface area contributed by atoms with Gasteiger partial charge in [0.15, 0.2) is 23.3 Å². The standard InChI is InChI=1S/C23H30N6O2.HI/c1-5-24-23(25-16-22-27-26-17-29(22)19-9-7-6-8-10-19)28(2)14-13-18-11-12-20(30-3)21(15-18)31-4;/h6-12,15,17H,5,13-14,16H2,1-4H3,(H,24,25);1H. The second-order valence-electron chi connectivity index (χ2n) is 6.98. The molecule has 0 bridgehead atoms. The Hall–Kier alpha value is -2.82. The molecule has 2 aromatic carbocycles. The first kappa shape index (κ1) is 25.4. The number of aromatic nitrogens is 3. The van der Waals surface area contributed by atoms with Gasteiger partial charge in [-0.3, -0.25) is 4.57 Å². The summed E-state index contributed by atoms with van der Waals surface area (Å²) in [5.41, 5.74) is 2.19. The molecular formula is C23H31IN6O2. The third kappa shape index (κ3) is 6.59. The molecule has 32 heavy (non-hydrogen) atoms. The van der Waals surface area contributed by atoms with Crippen molar-refractivity contribution >= 4 is 29.9 Å². The van der Waals surface area contributed by atoms with Crippen LogP contribution in [0.2, 0.25) is 0 Å². The molecule has 0 aliphatic rings. The van der Waals surface area contributed by atoms with Gasteiger partial charge in [-0.15, -0.1) is 34.2 Å². The molecule has 1 aromatic heterocycles. The van der Waals surface area contributed by atoms with Gasteiger partial charge in [-0.1, -0.05) is 24.3 Å². The van der Waals surface area contributed by atoms with Gasteiger partial charge in [0.25, 0.3) is 0 Å². The summed E-state index contributed by atoms with van der Waals surface area (Å²) in [5, 5.41) is 11.7. The number of ether oxygens (including phenoxy) is 2.